The Hall–Kier alpha value is -2.44. The van der Waals surface area contributed by atoms with Crippen molar-refractivity contribution in [2.45, 2.75) is 70.1 Å². The molecular formula is C22H33N7O4S. The summed E-state index contributed by atoms with van der Waals surface area (Å²) in [4.78, 5) is 9.40. The molecule has 186 valence electrons. The highest BCUT2D eigenvalue weighted by atomic mass is 32.2. The first-order valence-electron chi connectivity index (χ1n) is 12.0. The van der Waals surface area contributed by atoms with E-state index in [1.54, 1.807) is 18.3 Å². The fourth-order valence-corrected chi connectivity index (χ4v) is 6.92. The van der Waals surface area contributed by atoms with Gasteiger partial charge in [0.2, 0.25) is 21.9 Å². The Morgan fingerprint density at radius 3 is 2.53 bits per heavy atom. The summed E-state index contributed by atoms with van der Waals surface area (Å²) in [5.74, 6) is 2.45. The van der Waals surface area contributed by atoms with E-state index in [-0.39, 0.29) is 29.9 Å². The quantitative estimate of drug-likeness (QED) is 0.509. The zero-order valence-corrected chi connectivity index (χ0v) is 20.7. The first-order valence-corrected chi connectivity index (χ1v) is 13.6. The molecule has 0 aromatic carbocycles. The molecular weight excluding hydrogens is 458 g/mol. The first-order chi connectivity index (χ1) is 16.4. The number of sulfonamides is 1. The molecule has 0 spiro atoms. The van der Waals surface area contributed by atoms with Crippen molar-refractivity contribution < 1.29 is 17.9 Å². The minimum Gasteiger partial charge on any atom is -0.469 e. The molecule has 0 amide bonds. The number of hydrogen-bond donors (Lipinski definition) is 3. The summed E-state index contributed by atoms with van der Waals surface area (Å²) in [5, 5.41) is 13.6. The van der Waals surface area contributed by atoms with E-state index in [0.717, 1.165) is 30.5 Å². The Labute approximate surface area is 200 Å². The van der Waals surface area contributed by atoms with Crippen molar-refractivity contribution in [2.75, 3.05) is 36.6 Å². The van der Waals surface area contributed by atoms with E-state index in [4.69, 9.17) is 14.5 Å². The number of H-pyrrole nitrogens is 1. The molecule has 3 fully saturated rings. The van der Waals surface area contributed by atoms with Crippen molar-refractivity contribution in [3.63, 3.8) is 0 Å². The van der Waals surface area contributed by atoms with Crippen molar-refractivity contribution in [2.24, 2.45) is 0 Å². The average Bonchev–Trinajstić information content (AvgIpc) is 3.19. The molecule has 5 heterocycles. The van der Waals surface area contributed by atoms with Crippen LogP contribution in [0.5, 0.6) is 5.88 Å². The van der Waals surface area contributed by atoms with Gasteiger partial charge >= 0.3 is 0 Å². The van der Waals surface area contributed by atoms with Crippen molar-refractivity contribution in [1.82, 2.24) is 24.5 Å². The number of piperidine rings is 2. The highest BCUT2D eigenvalue weighted by Gasteiger charge is 2.45. The molecule has 11 nitrogen and oxygen atoms in total. The van der Waals surface area contributed by atoms with Crippen LogP contribution in [0.25, 0.3) is 0 Å². The zero-order chi connectivity index (χ0) is 23.9. The van der Waals surface area contributed by atoms with Crippen molar-refractivity contribution in [3.05, 3.63) is 17.3 Å². The molecule has 1 unspecified atom stereocenters. The lowest BCUT2D eigenvalue weighted by Crippen LogP contribution is -2.54. The zero-order valence-electron chi connectivity index (χ0n) is 19.9. The van der Waals surface area contributed by atoms with Gasteiger partial charge in [0, 0.05) is 30.9 Å². The highest BCUT2D eigenvalue weighted by Crippen LogP contribution is 2.47. The monoisotopic (exact) mass is 491 g/mol. The molecule has 0 radical (unpaired) electrons. The first kappa shape index (κ1) is 23.3. The molecule has 2 bridgehead atoms. The summed E-state index contributed by atoms with van der Waals surface area (Å²) >= 11 is 0. The van der Waals surface area contributed by atoms with Gasteiger partial charge in [-0.1, -0.05) is 6.42 Å². The van der Waals surface area contributed by atoms with Crippen LogP contribution in [0.2, 0.25) is 0 Å². The summed E-state index contributed by atoms with van der Waals surface area (Å²) < 4.78 is 39.2. The van der Waals surface area contributed by atoms with Gasteiger partial charge in [-0.25, -0.2) is 8.42 Å². The van der Waals surface area contributed by atoms with E-state index in [2.05, 4.69) is 25.8 Å². The van der Waals surface area contributed by atoms with Crippen LogP contribution in [0.15, 0.2) is 6.07 Å². The number of nitrogens with zero attached hydrogens (tertiary/aromatic N) is 4. The van der Waals surface area contributed by atoms with Gasteiger partial charge in [-0.15, -0.1) is 0 Å². The molecule has 12 heteroatoms. The van der Waals surface area contributed by atoms with Gasteiger partial charge in [0.15, 0.2) is 5.82 Å². The standard InChI is InChI=1S/C22H33N7O4S/c1-4-34(30,31)29-15-6-5-7-16(29)10-14(9-15)19-20(24-18-8-13(2)27-28-18)25-22(23-3)26-21(19)33-17-11-32-12-17/h8,14-17H,4-7,9-12H2,1-3H3,(H3,23,24,25,26,27,28)/t14?,15-,16+. The van der Waals surface area contributed by atoms with E-state index in [0.29, 0.717) is 49.5 Å². The van der Waals surface area contributed by atoms with Crippen LogP contribution in [-0.4, -0.2) is 77.1 Å². The second-order valence-corrected chi connectivity index (χ2v) is 11.5. The molecule has 3 N–H and O–H groups in total. The lowest BCUT2D eigenvalue weighted by atomic mass is 9.77. The summed E-state index contributed by atoms with van der Waals surface area (Å²) in [6, 6.07) is 1.87. The van der Waals surface area contributed by atoms with Gasteiger partial charge in [0.1, 0.15) is 11.9 Å². The predicted molar refractivity (Wildman–Crippen MR) is 128 cm³/mol. The Balaban J connectivity index is 1.54. The SMILES string of the molecule is CCS(=O)(=O)N1[C@@H]2CCC[C@H]1CC(c1c(Nc3cc(C)[nH]n3)nc(NC)nc1OC1COC1)C2. The topological polar surface area (TPSA) is 134 Å². The summed E-state index contributed by atoms with van der Waals surface area (Å²) in [5.41, 5.74) is 1.82. The second kappa shape index (κ2) is 9.31. The molecule has 2 aromatic heterocycles. The fourth-order valence-electron chi connectivity index (χ4n) is 5.33. The van der Waals surface area contributed by atoms with Crippen LogP contribution >= 0.6 is 0 Å². The van der Waals surface area contributed by atoms with Crippen LogP contribution in [0.4, 0.5) is 17.6 Å². The van der Waals surface area contributed by atoms with E-state index in [1.165, 1.54) is 0 Å². The lowest BCUT2D eigenvalue weighted by molar-refractivity contribution is -0.0818. The van der Waals surface area contributed by atoms with Gasteiger partial charge < -0.3 is 20.1 Å². The average molecular weight is 492 g/mol. The predicted octanol–water partition coefficient (Wildman–Crippen LogP) is 2.52. The third-order valence-corrected chi connectivity index (χ3v) is 8.94. The number of aromatic nitrogens is 4. The highest BCUT2D eigenvalue weighted by molar-refractivity contribution is 7.89. The normalized spacial score (nSPS) is 25.6. The van der Waals surface area contributed by atoms with Gasteiger partial charge in [-0.2, -0.15) is 19.4 Å². The Morgan fingerprint density at radius 2 is 1.97 bits per heavy atom. The minimum absolute atomic E-state index is 0.0215. The number of fused-ring (bicyclic) bond motifs is 2. The number of rotatable bonds is 8. The molecule has 3 aliphatic rings. The van der Waals surface area contributed by atoms with Crippen molar-refractivity contribution in [3.8, 4) is 5.88 Å². The summed E-state index contributed by atoms with van der Waals surface area (Å²) in [6.45, 7) is 4.71. The van der Waals surface area contributed by atoms with Gasteiger partial charge in [-0.05, 0) is 45.4 Å². The number of nitrogens with one attached hydrogen (secondary N) is 3. The number of hydrogen-bond acceptors (Lipinski definition) is 9. The molecule has 3 atom stereocenters. The van der Waals surface area contributed by atoms with Crippen LogP contribution in [0.3, 0.4) is 0 Å². The lowest BCUT2D eigenvalue weighted by Gasteiger charge is -2.48. The maximum atomic E-state index is 12.9. The fraction of sp³-hybridized carbons (Fsp3) is 0.682. The number of aryl methyl sites for hydroxylation is 1. The van der Waals surface area contributed by atoms with Crippen LogP contribution in [0, 0.1) is 6.92 Å². The van der Waals surface area contributed by atoms with Gasteiger partial charge in [-0.3, -0.25) is 5.10 Å². The second-order valence-electron chi connectivity index (χ2n) is 9.34. The molecule has 0 saturated carbocycles. The smallest absolute Gasteiger partial charge is 0.227 e. The molecule has 0 aliphatic carbocycles. The van der Waals surface area contributed by atoms with E-state index < -0.39 is 10.0 Å². The molecule has 2 aromatic rings. The van der Waals surface area contributed by atoms with Crippen LogP contribution in [0.1, 0.15) is 56.2 Å². The minimum atomic E-state index is -3.26. The maximum absolute atomic E-state index is 12.9. The summed E-state index contributed by atoms with van der Waals surface area (Å²) in [7, 11) is -1.49. The number of ether oxygens (including phenoxy) is 2. The molecule has 3 aliphatic heterocycles. The molecule has 5 rings (SSSR count). The Morgan fingerprint density at radius 1 is 1.24 bits per heavy atom. The van der Waals surface area contributed by atoms with Crippen LogP contribution in [-0.2, 0) is 14.8 Å². The third-order valence-electron chi connectivity index (χ3n) is 6.97. The number of aromatic amines is 1. The van der Waals surface area contributed by atoms with Crippen molar-refractivity contribution >= 4 is 27.6 Å². The van der Waals surface area contributed by atoms with Gasteiger partial charge in [0.05, 0.1) is 24.5 Å². The van der Waals surface area contributed by atoms with E-state index in [9.17, 15) is 8.42 Å². The van der Waals surface area contributed by atoms with E-state index >= 15 is 0 Å². The Bertz CT molecular complexity index is 1120. The largest absolute Gasteiger partial charge is 0.469 e. The molecule has 3 saturated heterocycles. The molecule has 34 heavy (non-hydrogen) atoms. The summed E-state index contributed by atoms with van der Waals surface area (Å²) in [6.07, 6.45) is 4.16. The van der Waals surface area contributed by atoms with E-state index in [1.807, 2.05) is 13.0 Å². The Kier molecular flexibility index (Phi) is 6.38. The number of anilines is 3. The maximum Gasteiger partial charge on any atom is 0.227 e. The third kappa shape index (κ3) is 4.46. The van der Waals surface area contributed by atoms with Crippen LogP contribution < -0.4 is 15.4 Å². The van der Waals surface area contributed by atoms with Gasteiger partial charge in [0.25, 0.3) is 0 Å². The van der Waals surface area contributed by atoms with Crippen molar-refractivity contribution in [1.29, 1.82) is 0 Å².